The summed E-state index contributed by atoms with van der Waals surface area (Å²) in [6.07, 6.45) is 0.236. The molecule has 0 spiro atoms. The second-order valence-corrected chi connectivity index (χ2v) is 9.68. The van der Waals surface area contributed by atoms with E-state index in [1.165, 1.54) is 10.4 Å². The molecule has 2 atom stereocenters. The zero-order chi connectivity index (χ0) is 21.4. The molecule has 0 aliphatic carbocycles. The summed E-state index contributed by atoms with van der Waals surface area (Å²) in [5, 5.41) is 15.6. The zero-order valence-corrected chi connectivity index (χ0v) is 18.8. The molecule has 160 valence electrons. The summed E-state index contributed by atoms with van der Waals surface area (Å²) in [6.45, 7) is 4.85. The number of hydrogen-bond acceptors (Lipinski definition) is 6. The first-order valence-corrected chi connectivity index (χ1v) is 11.6. The molecule has 0 radical (unpaired) electrons. The molecular formula is C25H28N4OS. The number of nitrogens with zero attached hydrogens (tertiary/aromatic N) is 3. The van der Waals surface area contributed by atoms with E-state index in [1.807, 2.05) is 42.5 Å². The average Bonchev–Trinajstić information content (AvgIpc) is 3.07. The summed E-state index contributed by atoms with van der Waals surface area (Å²) >= 11 is 1.78. The lowest BCUT2D eigenvalue weighted by molar-refractivity contribution is 0.0769. The molecule has 2 N–H and O–H groups in total. The van der Waals surface area contributed by atoms with Crippen molar-refractivity contribution in [1.82, 2.24) is 9.80 Å². The molecule has 0 bridgehead atoms. The van der Waals surface area contributed by atoms with Crippen LogP contribution in [0, 0.1) is 6.92 Å². The van der Waals surface area contributed by atoms with Crippen molar-refractivity contribution in [3.8, 4) is 0 Å². The zero-order valence-electron chi connectivity index (χ0n) is 18.0. The summed E-state index contributed by atoms with van der Waals surface area (Å²) in [5.74, 6) is 1.03. The Kier molecular flexibility index (Phi) is 5.52. The van der Waals surface area contributed by atoms with E-state index in [-0.39, 0.29) is 6.04 Å². The summed E-state index contributed by atoms with van der Waals surface area (Å²) < 4.78 is 0. The Balaban J connectivity index is 1.44. The van der Waals surface area contributed by atoms with E-state index < -0.39 is 6.10 Å². The number of aliphatic hydroxyl groups excluding tert-OH is 1. The van der Waals surface area contributed by atoms with E-state index in [9.17, 15) is 5.11 Å². The van der Waals surface area contributed by atoms with Gasteiger partial charge in [-0.3, -0.25) is 4.90 Å². The molecular weight excluding hydrogens is 404 g/mol. The lowest BCUT2D eigenvalue weighted by Gasteiger charge is -2.41. The first-order chi connectivity index (χ1) is 15.1. The van der Waals surface area contributed by atoms with Crippen LogP contribution in [0.5, 0.6) is 0 Å². The van der Waals surface area contributed by atoms with Crippen LogP contribution in [0.3, 0.4) is 0 Å². The normalized spacial score (nSPS) is 19.6. The number of thiophene rings is 1. The van der Waals surface area contributed by atoms with Gasteiger partial charge in [0.15, 0.2) is 0 Å². The Labute approximate surface area is 187 Å². The van der Waals surface area contributed by atoms with Gasteiger partial charge in [-0.15, -0.1) is 11.3 Å². The number of anilines is 2. The number of rotatable bonds is 3. The highest BCUT2D eigenvalue weighted by atomic mass is 32.1. The number of nitrogens with one attached hydrogen (secondary N) is 1. The van der Waals surface area contributed by atoms with Crippen molar-refractivity contribution in [3.63, 3.8) is 0 Å². The van der Waals surface area contributed by atoms with E-state index in [4.69, 9.17) is 4.99 Å². The highest BCUT2D eigenvalue weighted by Gasteiger charge is 2.31. The molecule has 2 aliphatic heterocycles. The summed E-state index contributed by atoms with van der Waals surface area (Å²) in [5.41, 5.74) is 4.17. The number of para-hydroxylation sites is 2. The standard InChI is InChI=1S/C25H28N4OS/c1-17-14-20-24(26-21-10-6-7-11-22(21)27-25(20)31-17)29-13-12-28(2)19(16-29)15-23(30)18-8-4-3-5-9-18/h3-11,14,19,23,27,30H,12-13,15-16H2,1-2H3/t19-,23-/m0/s1. The van der Waals surface area contributed by atoms with Crippen molar-refractivity contribution in [2.24, 2.45) is 4.99 Å². The fourth-order valence-corrected chi connectivity index (χ4v) is 5.37. The van der Waals surface area contributed by atoms with Gasteiger partial charge in [-0.1, -0.05) is 42.5 Å². The smallest absolute Gasteiger partial charge is 0.139 e. The van der Waals surface area contributed by atoms with Crippen LogP contribution in [0.2, 0.25) is 0 Å². The molecule has 1 aromatic heterocycles. The third kappa shape index (κ3) is 4.11. The van der Waals surface area contributed by atoms with Crippen LogP contribution >= 0.6 is 11.3 Å². The summed E-state index contributed by atoms with van der Waals surface area (Å²) in [4.78, 5) is 11.2. The lowest BCUT2D eigenvalue weighted by Crippen LogP contribution is -2.53. The number of amidine groups is 1. The summed E-state index contributed by atoms with van der Waals surface area (Å²) in [7, 11) is 2.16. The molecule has 3 heterocycles. The van der Waals surface area contributed by atoms with Gasteiger partial charge in [-0.2, -0.15) is 0 Å². The van der Waals surface area contributed by atoms with Gasteiger partial charge in [-0.25, -0.2) is 4.99 Å². The van der Waals surface area contributed by atoms with Crippen molar-refractivity contribution in [3.05, 3.63) is 76.7 Å². The second-order valence-electron chi connectivity index (χ2n) is 8.42. The molecule has 3 aromatic rings. The first kappa shape index (κ1) is 20.2. The van der Waals surface area contributed by atoms with Crippen LogP contribution in [0.15, 0.2) is 65.7 Å². The van der Waals surface area contributed by atoms with Crippen LogP contribution in [0.25, 0.3) is 0 Å². The van der Waals surface area contributed by atoms with E-state index in [0.717, 1.165) is 47.4 Å². The quantitative estimate of drug-likeness (QED) is 0.616. The first-order valence-electron chi connectivity index (χ1n) is 10.8. The number of piperazine rings is 1. The Morgan fingerprint density at radius 2 is 1.90 bits per heavy atom. The van der Waals surface area contributed by atoms with Gasteiger partial charge in [0, 0.05) is 30.6 Å². The minimum Gasteiger partial charge on any atom is -0.388 e. The fourth-order valence-electron chi connectivity index (χ4n) is 4.45. The van der Waals surface area contributed by atoms with Crippen molar-refractivity contribution in [2.75, 3.05) is 32.0 Å². The molecule has 1 fully saturated rings. The number of benzene rings is 2. The predicted molar refractivity (Wildman–Crippen MR) is 129 cm³/mol. The maximum atomic E-state index is 10.8. The SMILES string of the molecule is Cc1cc2c(s1)Nc1ccccc1N=C2N1CCN(C)[C@@H](C[C@H](O)c2ccccc2)C1. The highest BCUT2D eigenvalue weighted by Crippen LogP contribution is 2.39. The van der Waals surface area contributed by atoms with Gasteiger partial charge in [0.25, 0.3) is 0 Å². The highest BCUT2D eigenvalue weighted by molar-refractivity contribution is 7.16. The average molecular weight is 433 g/mol. The molecule has 5 nitrogen and oxygen atoms in total. The van der Waals surface area contributed by atoms with Crippen molar-refractivity contribution in [2.45, 2.75) is 25.5 Å². The van der Waals surface area contributed by atoms with Crippen LogP contribution in [0.4, 0.5) is 16.4 Å². The monoisotopic (exact) mass is 432 g/mol. The second kappa shape index (κ2) is 8.46. The van der Waals surface area contributed by atoms with Gasteiger partial charge in [0.05, 0.1) is 23.0 Å². The van der Waals surface area contributed by atoms with E-state index in [1.54, 1.807) is 11.3 Å². The Hall–Kier alpha value is -2.67. The maximum Gasteiger partial charge on any atom is 0.139 e. The Morgan fingerprint density at radius 3 is 2.74 bits per heavy atom. The van der Waals surface area contributed by atoms with Crippen molar-refractivity contribution in [1.29, 1.82) is 0 Å². The lowest BCUT2D eigenvalue weighted by atomic mass is 9.99. The van der Waals surface area contributed by atoms with E-state index in [0.29, 0.717) is 6.42 Å². The van der Waals surface area contributed by atoms with Crippen molar-refractivity contribution >= 4 is 33.5 Å². The third-order valence-corrected chi connectivity index (χ3v) is 7.20. The number of hydrogen-bond donors (Lipinski definition) is 2. The molecule has 31 heavy (non-hydrogen) atoms. The maximum absolute atomic E-state index is 10.8. The minimum atomic E-state index is -0.467. The number of aliphatic imine (C=N–C) groups is 1. The minimum absolute atomic E-state index is 0.251. The van der Waals surface area contributed by atoms with E-state index in [2.05, 4.69) is 47.3 Å². The van der Waals surface area contributed by atoms with Crippen LogP contribution in [-0.4, -0.2) is 53.5 Å². The molecule has 5 rings (SSSR count). The molecule has 2 aromatic carbocycles. The number of likely N-dealkylation sites (N-methyl/N-ethyl adjacent to an activating group) is 1. The number of aryl methyl sites for hydroxylation is 1. The molecule has 2 aliphatic rings. The van der Waals surface area contributed by atoms with Gasteiger partial charge in [-0.05, 0) is 44.2 Å². The van der Waals surface area contributed by atoms with Gasteiger partial charge < -0.3 is 15.3 Å². The molecule has 0 saturated carbocycles. The third-order valence-electron chi connectivity index (χ3n) is 6.23. The predicted octanol–water partition coefficient (Wildman–Crippen LogP) is 4.93. The Bertz CT molecular complexity index is 1090. The van der Waals surface area contributed by atoms with Gasteiger partial charge in [0.1, 0.15) is 10.8 Å². The van der Waals surface area contributed by atoms with Crippen LogP contribution < -0.4 is 5.32 Å². The fraction of sp³-hybridized carbons (Fsp3) is 0.320. The largest absolute Gasteiger partial charge is 0.388 e. The van der Waals surface area contributed by atoms with Gasteiger partial charge in [0.2, 0.25) is 0 Å². The number of fused-ring (bicyclic) bond motifs is 2. The van der Waals surface area contributed by atoms with Crippen molar-refractivity contribution < 1.29 is 5.11 Å². The van der Waals surface area contributed by atoms with Crippen LogP contribution in [-0.2, 0) is 0 Å². The van der Waals surface area contributed by atoms with Gasteiger partial charge >= 0.3 is 0 Å². The topological polar surface area (TPSA) is 51.1 Å². The molecule has 1 saturated heterocycles. The molecule has 6 heteroatoms. The van der Waals surface area contributed by atoms with Crippen LogP contribution in [0.1, 0.15) is 28.5 Å². The number of aliphatic hydroxyl groups is 1. The molecule has 0 amide bonds. The summed E-state index contributed by atoms with van der Waals surface area (Å²) in [6, 6.07) is 20.7. The Morgan fingerprint density at radius 1 is 1.13 bits per heavy atom. The van der Waals surface area contributed by atoms with E-state index >= 15 is 0 Å². The molecule has 0 unspecified atom stereocenters.